The molecule has 0 radical (unpaired) electrons. The lowest BCUT2D eigenvalue weighted by Gasteiger charge is -2.37. The number of hydrogen-bond donors (Lipinski definition) is 2. The summed E-state index contributed by atoms with van der Waals surface area (Å²) in [6.45, 7) is 5.49. The fourth-order valence-corrected chi connectivity index (χ4v) is 4.83. The molecule has 1 aliphatic carbocycles. The van der Waals surface area contributed by atoms with E-state index in [1.54, 1.807) is 6.07 Å². The van der Waals surface area contributed by atoms with E-state index in [1.165, 1.54) is 24.3 Å². The van der Waals surface area contributed by atoms with Crippen LogP contribution in [0.4, 0.5) is 15.8 Å². The van der Waals surface area contributed by atoms with Crippen LogP contribution in [0.5, 0.6) is 0 Å². The number of hydrogen-bond acceptors (Lipinski definition) is 5. The van der Waals surface area contributed by atoms with E-state index in [-0.39, 0.29) is 23.6 Å². The Morgan fingerprint density at radius 1 is 0.833 bits per heavy atom. The first kappa shape index (κ1) is 24.2. The van der Waals surface area contributed by atoms with Crippen LogP contribution >= 0.6 is 0 Å². The van der Waals surface area contributed by atoms with Gasteiger partial charge in [-0.1, -0.05) is 0 Å². The molecule has 2 aromatic rings. The Labute approximate surface area is 210 Å². The molecule has 1 saturated carbocycles. The number of carbonyl (C=O) groups is 3. The van der Waals surface area contributed by atoms with Crippen molar-refractivity contribution in [2.75, 3.05) is 62.6 Å². The third-order valence-electron chi connectivity index (χ3n) is 7.08. The Kier molecular flexibility index (Phi) is 7.18. The molecule has 8 nitrogen and oxygen atoms in total. The summed E-state index contributed by atoms with van der Waals surface area (Å²) < 4.78 is 13.4. The van der Waals surface area contributed by atoms with Gasteiger partial charge in [-0.2, -0.15) is 0 Å². The summed E-state index contributed by atoms with van der Waals surface area (Å²) in [6, 6.07) is 10.8. The number of nitrogens with one attached hydrogen (secondary N) is 2. The largest absolute Gasteiger partial charge is 0.366 e. The van der Waals surface area contributed by atoms with Gasteiger partial charge in [0.15, 0.2) is 0 Å². The molecule has 0 unspecified atom stereocenters. The lowest BCUT2D eigenvalue weighted by molar-refractivity contribution is -0.132. The predicted molar refractivity (Wildman–Crippen MR) is 136 cm³/mol. The SMILES string of the molecule is O=C(Nc1cc(C(=O)N2CCCNCC2)ccc1N1CCN(C(=O)C2CC2)CC1)c1ccc(F)cc1. The fraction of sp³-hybridized carbons (Fsp3) is 0.444. The molecule has 2 saturated heterocycles. The third-order valence-corrected chi connectivity index (χ3v) is 7.08. The van der Waals surface area contributed by atoms with Crippen LogP contribution in [-0.2, 0) is 4.79 Å². The number of rotatable bonds is 5. The molecule has 5 rings (SSSR count). The normalized spacial score (nSPS) is 18.5. The van der Waals surface area contributed by atoms with Crippen molar-refractivity contribution in [3.63, 3.8) is 0 Å². The second-order valence-electron chi connectivity index (χ2n) is 9.68. The minimum atomic E-state index is -0.412. The summed E-state index contributed by atoms with van der Waals surface area (Å²) >= 11 is 0. The summed E-state index contributed by atoms with van der Waals surface area (Å²) in [5.74, 6) is -0.413. The highest BCUT2D eigenvalue weighted by Gasteiger charge is 2.35. The van der Waals surface area contributed by atoms with Gasteiger partial charge in [-0.3, -0.25) is 14.4 Å². The van der Waals surface area contributed by atoms with Gasteiger partial charge in [0.1, 0.15) is 5.82 Å². The van der Waals surface area contributed by atoms with Crippen LogP contribution in [0.2, 0.25) is 0 Å². The van der Waals surface area contributed by atoms with Crippen molar-refractivity contribution in [2.24, 2.45) is 5.92 Å². The number of benzene rings is 2. The Morgan fingerprint density at radius 3 is 2.28 bits per heavy atom. The topological polar surface area (TPSA) is 85.0 Å². The van der Waals surface area contributed by atoms with Gasteiger partial charge in [-0.25, -0.2) is 4.39 Å². The van der Waals surface area contributed by atoms with Crippen molar-refractivity contribution in [2.45, 2.75) is 19.3 Å². The van der Waals surface area contributed by atoms with E-state index in [4.69, 9.17) is 0 Å². The van der Waals surface area contributed by atoms with E-state index in [9.17, 15) is 18.8 Å². The molecule has 2 N–H and O–H groups in total. The Hall–Kier alpha value is -3.46. The number of piperazine rings is 1. The first-order valence-electron chi connectivity index (χ1n) is 12.7. The van der Waals surface area contributed by atoms with Gasteiger partial charge in [0.05, 0.1) is 11.4 Å². The highest BCUT2D eigenvalue weighted by Crippen LogP contribution is 2.33. The average molecular weight is 494 g/mol. The zero-order valence-electron chi connectivity index (χ0n) is 20.3. The zero-order chi connectivity index (χ0) is 25.1. The second kappa shape index (κ2) is 10.7. The molecule has 0 atom stereocenters. The summed E-state index contributed by atoms with van der Waals surface area (Å²) in [7, 11) is 0. The quantitative estimate of drug-likeness (QED) is 0.669. The molecule has 3 amide bonds. The summed E-state index contributed by atoms with van der Waals surface area (Å²) in [6.07, 6.45) is 2.87. The van der Waals surface area contributed by atoms with Crippen molar-refractivity contribution < 1.29 is 18.8 Å². The molecular weight excluding hydrogens is 461 g/mol. The van der Waals surface area contributed by atoms with Crippen molar-refractivity contribution in [3.05, 3.63) is 59.4 Å². The molecular formula is C27H32FN5O3. The van der Waals surface area contributed by atoms with E-state index >= 15 is 0 Å². The molecule has 2 aliphatic heterocycles. The van der Waals surface area contributed by atoms with Gasteiger partial charge < -0.3 is 25.3 Å². The second-order valence-corrected chi connectivity index (χ2v) is 9.68. The summed E-state index contributed by atoms with van der Waals surface area (Å²) in [5.41, 5.74) is 2.18. The van der Waals surface area contributed by atoms with Crippen LogP contribution in [0.1, 0.15) is 40.0 Å². The van der Waals surface area contributed by atoms with Gasteiger partial charge >= 0.3 is 0 Å². The van der Waals surface area contributed by atoms with Gasteiger partial charge in [0.2, 0.25) is 5.91 Å². The first-order valence-corrected chi connectivity index (χ1v) is 12.7. The van der Waals surface area contributed by atoms with Crippen LogP contribution in [0.15, 0.2) is 42.5 Å². The minimum Gasteiger partial charge on any atom is -0.366 e. The average Bonchev–Trinajstić information content (AvgIpc) is 3.76. The maximum atomic E-state index is 13.4. The van der Waals surface area contributed by atoms with Gasteiger partial charge in [-0.15, -0.1) is 0 Å². The van der Waals surface area contributed by atoms with Crippen LogP contribution in [0.3, 0.4) is 0 Å². The number of nitrogens with zero attached hydrogens (tertiary/aromatic N) is 3. The van der Waals surface area contributed by atoms with Gasteiger partial charge in [-0.05, 0) is 68.3 Å². The molecule has 9 heteroatoms. The molecule has 2 heterocycles. The maximum Gasteiger partial charge on any atom is 0.255 e. The molecule has 0 bridgehead atoms. The van der Waals surface area contributed by atoms with Crippen molar-refractivity contribution in [3.8, 4) is 0 Å². The molecule has 2 aromatic carbocycles. The highest BCUT2D eigenvalue weighted by atomic mass is 19.1. The maximum absolute atomic E-state index is 13.4. The van der Waals surface area contributed by atoms with Crippen LogP contribution in [-0.4, -0.2) is 79.9 Å². The van der Waals surface area contributed by atoms with Gasteiger partial charge in [0, 0.05) is 62.9 Å². The van der Waals surface area contributed by atoms with Crippen molar-refractivity contribution in [1.29, 1.82) is 0 Å². The summed E-state index contributed by atoms with van der Waals surface area (Å²) in [4.78, 5) is 44.6. The lowest BCUT2D eigenvalue weighted by atomic mass is 10.1. The minimum absolute atomic E-state index is 0.0672. The molecule has 190 valence electrons. The smallest absolute Gasteiger partial charge is 0.255 e. The van der Waals surface area contributed by atoms with Crippen LogP contribution in [0.25, 0.3) is 0 Å². The Balaban J connectivity index is 1.38. The molecule has 0 aromatic heterocycles. The number of carbonyl (C=O) groups excluding carboxylic acids is 3. The monoisotopic (exact) mass is 493 g/mol. The Bertz CT molecular complexity index is 1120. The standard InChI is InChI=1S/C27H32FN5O3/c28-22-7-4-19(5-8-22)25(34)30-23-18-21(27(36)32-12-1-10-29-11-13-32)6-9-24(23)31-14-16-33(17-15-31)26(35)20-2-3-20/h4-9,18,20,29H,1-3,10-17H2,(H,30,34). The van der Waals surface area contributed by atoms with E-state index in [2.05, 4.69) is 15.5 Å². The number of amides is 3. The third kappa shape index (κ3) is 5.51. The first-order chi connectivity index (χ1) is 17.5. The fourth-order valence-electron chi connectivity index (χ4n) is 4.83. The van der Waals surface area contributed by atoms with Crippen molar-refractivity contribution in [1.82, 2.24) is 15.1 Å². The van der Waals surface area contributed by atoms with E-state index < -0.39 is 5.82 Å². The van der Waals surface area contributed by atoms with E-state index in [1.807, 2.05) is 21.9 Å². The number of anilines is 2. The molecule has 3 aliphatic rings. The van der Waals surface area contributed by atoms with Crippen LogP contribution < -0.4 is 15.5 Å². The van der Waals surface area contributed by atoms with Crippen LogP contribution in [0, 0.1) is 11.7 Å². The highest BCUT2D eigenvalue weighted by molar-refractivity contribution is 6.07. The van der Waals surface area contributed by atoms with Crippen molar-refractivity contribution >= 4 is 29.1 Å². The molecule has 0 spiro atoms. The zero-order valence-corrected chi connectivity index (χ0v) is 20.3. The summed E-state index contributed by atoms with van der Waals surface area (Å²) in [5, 5.41) is 6.25. The molecule has 3 fully saturated rings. The molecule has 36 heavy (non-hydrogen) atoms. The van der Waals surface area contributed by atoms with Gasteiger partial charge in [0.25, 0.3) is 11.8 Å². The number of halogens is 1. The van der Waals surface area contributed by atoms with E-state index in [0.717, 1.165) is 38.0 Å². The lowest BCUT2D eigenvalue weighted by Crippen LogP contribution is -2.49. The predicted octanol–water partition coefficient (Wildman–Crippen LogP) is 2.57. The Morgan fingerprint density at radius 2 is 1.56 bits per heavy atom. The van der Waals surface area contributed by atoms with E-state index in [0.29, 0.717) is 56.1 Å².